The van der Waals surface area contributed by atoms with E-state index in [0.717, 1.165) is 28.0 Å². The van der Waals surface area contributed by atoms with Crippen molar-refractivity contribution < 1.29 is 4.79 Å². The molecule has 3 aromatic heterocycles. The molecule has 0 radical (unpaired) electrons. The van der Waals surface area contributed by atoms with E-state index in [4.69, 9.17) is 5.73 Å². The zero-order valence-corrected chi connectivity index (χ0v) is 12.1. The van der Waals surface area contributed by atoms with Gasteiger partial charge in [0.1, 0.15) is 17.7 Å². The van der Waals surface area contributed by atoms with Crippen LogP contribution in [0.1, 0.15) is 10.5 Å². The number of rotatable bonds is 3. The summed E-state index contributed by atoms with van der Waals surface area (Å²) >= 11 is 0. The van der Waals surface area contributed by atoms with Gasteiger partial charge in [0.05, 0.1) is 5.69 Å². The van der Waals surface area contributed by atoms with Gasteiger partial charge in [0.15, 0.2) is 0 Å². The van der Waals surface area contributed by atoms with Crippen molar-refractivity contribution in [2.24, 2.45) is 5.73 Å². The molecule has 0 bridgehead atoms. The maximum absolute atomic E-state index is 11.8. The molecule has 1 aromatic carbocycles. The van der Waals surface area contributed by atoms with E-state index in [0.29, 0.717) is 5.69 Å². The van der Waals surface area contributed by atoms with E-state index in [1.807, 2.05) is 48.8 Å². The molecule has 0 saturated carbocycles. The van der Waals surface area contributed by atoms with Crippen LogP contribution in [-0.2, 0) is 0 Å². The molecule has 0 spiro atoms. The Morgan fingerprint density at radius 1 is 1.13 bits per heavy atom. The van der Waals surface area contributed by atoms with E-state index >= 15 is 0 Å². The van der Waals surface area contributed by atoms with Crippen molar-refractivity contribution in [3.05, 3.63) is 66.9 Å². The first-order valence-corrected chi connectivity index (χ1v) is 7.10. The molecule has 0 saturated heterocycles. The molecule has 3 heterocycles. The monoisotopic (exact) mass is 303 g/mol. The van der Waals surface area contributed by atoms with Crippen molar-refractivity contribution in [1.29, 1.82) is 0 Å². The zero-order chi connectivity index (χ0) is 15.8. The third kappa shape index (κ3) is 2.17. The third-order valence-corrected chi connectivity index (χ3v) is 3.73. The minimum Gasteiger partial charge on any atom is -0.364 e. The highest BCUT2D eigenvalue weighted by atomic mass is 16.1. The van der Waals surface area contributed by atoms with Gasteiger partial charge in [0, 0.05) is 29.0 Å². The summed E-state index contributed by atoms with van der Waals surface area (Å²) in [6.45, 7) is 0. The number of hydrogen-bond acceptors (Lipinski definition) is 3. The molecular weight excluding hydrogens is 290 g/mol. The van der Waals surface area contributed by atoms with Crippen LogP contribution >= 0.6 is 0 Å². The fourth-order valence-corrected chi connectivity index (χ4v) is 2.69. The van der Waals surface area contributed by atoms with Crippen LogP contribution in [0, 0.1) is 0 Å². The van der Waals surface area contributed by atoms with E-state index in [2.05, 4.69) is 15.0 Å². The largest absolute Gasteiger partial charge is 0.364 e. The lowest BCUT2D eigenvalue weighted by Gasteiger charge is -2.05. The van der Waals surface area contributed by atoms with Crippen molar-refractivity contribution in [3.8, 4) is 16.9 Å². The summed E-state index contributed by atoms with van der Waals surface area (Å²) in [5.74, 6) is -0.487. The zero-order valence-electron chi connectivity index (χ0n) is 12.1. The molecule has 0 aliphatic heterocycles. The number of nitrogens with one attached hydrogen (secondary N) is 1. The van der Waals surface area contributed by atoms with Crippen molar-refractivity contribution in [1.82, 2.24) is 19.5 Å². The van der Waals surface area contributed by atoms with Crippen LogP contribution in [0.15, 0.2) is 61.2 Å². The van der Waals surface area contributed by atoms with Crippen LogP contribution in [0.2, 0.25) is 0 Å². The molecule has 6 nitrogen and oxygen atoms in total. The Kier molecular flexibility index (Phi) is 2.94. The predicted octanol–water partition coefficient (Wildman–Crippen LogP) is 2.51. The van der Waals surface area contributed by atoms with Crippen LogP contribution in [0.5, 0.6) is 0 Å². The second-order valence-corrected chi connectivity index (χ2v) is 5.15. The first-order chi connectivity index (χ1) is 11.2. The van der Waals surface area contributed by atoms with Crippen LogP contribution in [-0.4, -0.2) is 25.4 Å². The van der Waals surface area contributed by atoms with Gasteiger partial charge in [-0.1, -0.05) is 18.2 Å². The van der Waals surface area contributed by atoms with Gasteiger partial charge in [0.25, 0.3) is 5.91 Å². The number of hydrogen-bond donors (Lipinski definition) is 2. The predicted molar refractivity (Wildman–Crippen MR) is 87.2 cm³/mol. The van der Waals surface area contributed by atoms with Crippen molar-refractivity contribution in [2.75, 3.05) is 0 Å². The number of nitrogens with zero attached hydrogens (tertiary/aromatic N) is 3. The van der Waals surface area contributed by atoms with Gasteiger partial charge in [-0.2, -0.15) is 0 Å². The summed E-state index contributed by atoms with van der Waals surface area (Å²) in [7, 11) is 0. The number of H-pyrrole nitrogens is 1. The van der Waals surface area contributed by atoms with Gasteiger partial charge >= 0.3 is 0 Å². The van der Waals surface area contributed by atoms with Gasteiger partial charge in [-0.05, 0) is 24.3 Å². The number of amides is 1. The van der Waals surface area contributed by atoms with Crippen LogP contribution in [0.4, 0.5) is 0 Å². The lowest BCUT2D eigenvalue weighted by atomic mass is 10.1. The SMILES string of the molecule is NC(=O)c1cc(-c2ncnc3[nH]ccc23)cn1-c1ccccc1. The second-order valence-electron chi connectivity index (χ2n) is 5.15. The molecular formula is C17H13N5O. The van der Waals surface area contributed by atoms with Crippen LogP contribution < -0.4 is 5.73 Å². The van der Waals surface area contributed by atoms with Crippen molar-refractivity contribution in [3.63, 3.8) is 0 Å². The number of benzene rings is 1. The maximum atomic E-state index is 11.8. The Morgan fingerprint density at radius 2 is 1.96 bits per heavy atom. The van der Waals surface area contributed by atoms with E-state index < -0.39 is 5.91 Å². The fourth-order valence-electron chi connectivity index (χ4n) is 2.69. The Hall–Kier alpha value is -3.41. The van der Waals surface area contributed by atoms with E-state index in [1.54, 1.807) is 10.6 Å². The Bertz CT molecular complexity index is 1000. The van der Waals surface area contributed by atoms with Gasteiger partial charge in [-0.15, -0.1) is 0 Å². The van der Waals surface area contributed by atoms with Crippen LogP contribution in [0.25, 0.3) is 28.0 Å². The second kappa shape index (κ2) is 5.10. The molecule has 0 aliphatic carbocycles. The smallest absolute Gasteiger partial charge is 0.265 e. The average Bonchev–Trinajstić information content (AvgIpc) is 3.22. The fraction of sp³-hybridized carbons (Fsp3) is 0. The topological polar surface area (TPSA) is 89.6 Å². The van der Waals surface area contributed by atoms with Crippen molar-refractivity contribution >= 4 is 16.9 Å². The molecule has 0 fully saturated rings. The standard InChI is InChI=1S/C17H13N5O/c18-16(23)14-8-11(9-22(14)12-4-2-1-3-5-12)15-13-6-7-19-17(13)21-10-20-15/h1-10H,(H2,18,23)(H,19,20,21). The molecule has 6 heteroatoms. The number of nitrogens with two attached hydrogens (primary N) is 1. The Balaban J connectivity index is 1.94. The summed E-state index contributed by atoms with van der Waals surface area (Å²) < 4.78 is 1.78. The molecule has 0 unspecified atom stereocenters. The van der Waals surface area contributed by atoms with Crippen molar-refractivity contribution in [2.45, 2.75) is 0 Å². The maximum Gasteiger partial charge on any atom is 0.265 e. The number of para-hydroxylation sites is 1. The number of carbonyl (C=O) groups excluding carboxylic acids is 1. The highest BCUT2D eigenvalue weighted by Gasteiger charge is 2.16. The van der Waals surface area contributed by atoms with E-state index in [-0.39, 0.29) is 0 Å². The summed E-state index contributed by atoms with van der Waals surface area (Å²) in [6, 6.07) is 13.2. The van der Waals surface area contributed by atoms with Gasteiger partial charge in [-0.25, -0.2) is 9.97 Å². The van der Waals surface area contributed by atoms with Crippen LogP contribution in [0.3, 0.4) is 0 Å². The molecule has 0 atom stereocenters. The van der Waals surface area contributed by atoms with E-state index in [9.17, 15) is 4.79 Å². The first-order valence-electron chi connectivity index (χ1n) is 7.10. The van der Waals surface area contributed by atoms with Gasteiger partial charge < -0.3 is 15.3 Å². The molecule has 0 aliphatic rings. The minimum atomic E-state index is -0.487. The minimum absolute atomic E-state index is 0.411. The molecule has 23 heavy (non-hydrogen) atoms. The number of fused-ring (bicyclic) bond motifs is 1. The lowest BCUT2D eigenvalue weighted by Crippen LogP contribution is -2.15. The normalized spacial score (nSPS) is 11.0. The number of primary amides is 1. The van der Waals surface area contributed by atoms with E-state index in [1.165, 1.54) is 6.33 Å². The van der Waals surface area contributed by atoms with Gasteiger partial charge in [0.2, 0.25) is 0 Å². The highest BCUT2D eigenvalue weighted by Crippen LogP contribution is 2.28. The summed E-state index contributed by atoms with van der Waals surface area (Å²) in [6.07, 6.45) is 5.17. The molecule has 3 N–H and O–H groups in total. The van der Waals surface area contributed by atoms with Gasteiger partial charge in [-0.3, -0.25) is 4.79 Å². The summed E-state index contributed by atoms with van der Waals surface area (Å²) in [5, 5.41) is 0.897. The third-order valence-electron chi connectivity index (χ3n) is 3.73. The number of carbonyl (C=O) groups is 1. The molecule has 112 valence electrons. The lowest BCUT2D eigenvalue weighted by molar-refractivity contribution is 0.0994. The summed E-state index contributed by atoms with van der Waals surface area (Å²) in [4.78, 5) is 23.4. The number of aromatic nitrogens is 4. The molecule has 4 aromatic rings. The molecule has 4 rings (SSSR count). The average molecular weight is 303 g/mol. The molecule has 1 amide bonds. The first kappa shape index (κ1) is 13.3. The summed E-state index contributed by atoms with van der Waals surface area (Å²) in [5.41, 5.74) is 9.14. The number of aromatic amines is 1. The Labute approximate surface area is 131 Å². The highest BCUT2D eigenvalue weighted by molar-refractivity contribution is 5.96. The quantitative estimate of drug-likeness (QED) is 0.609. The Morgan fingerprint density at radius 3 is 2.74 bits per heavy atom.